The maximum Gasteiger partial charge on any atom is 0.440 e. The van der Waals surface area contributed by atoms with Gasteiger partial charge in [-0.3, -0.25) is 4.52 Å². The molecule has 0 aromatic heterocycles. The van der Waals surface area contributed by atoms with Crippen molar-refractivity contribution in [2.45, 2.75) is 33.6 Å². The van der Waals surface area contributed by atoms with Crippen LogP contribution in [0.15, 0.2) is 29.4 Å². The molecule has 0 fully saturated rings. The van der Waals surface area contributed by atoms with Crippen LogP contribution in [-0.2, 0) is 13.8 Å². The summed E-state index contributed by atoms with van der Waals surface area (Å²) in [6.07, 6.45) is 2.37. The Bertz CT molecular complexity index is 612. The van der Waals surface area contributed by atoms with Gasteiger partial charge in [-0.2, -0.15) is 5.10 Å². The lowest BCUT2D eigenvalue weighted by molar-refractivity contribution is 0.147. The average molecular weight is 388 g/mol. The second-order valence-corrected chi connectivity index (χ2v) is 8.95. The summed E-state index contributed by atoms with van der Waals surface area (Å²) in [4.78, 5) is 11.4. The van der Waals surface area contributed by atoms with Gasteiger partial charge < -0.3 is 9.26 Å². The van der Waals surface area contributed by atoms with Crippen molar-refractivity contribution in [1.29, 1.82) is 0 Å². The standard InChI is InChI=1S/C16H25N2O5PS/c1-4-11-21-16(19)18-17-13-14-9-7-8-10-15(14)23-24(20,22-6-3)25-12-5-2/h7-10,13H,4-6,11-12H2,1-3H3,(H,18,19). The molecule has 0 heterocycles. The van der Waals surface area contributed by atoms with E-state index in [1.165, 1.54) is 17.6 Å². The van der Waals surface area contributed by atoms with E-state index in [1.807, 2.05) is 13.8 Å². The van der Waals surface area contributed by atoms with E-state index in [-0.39, 0.29) is 6.61 Å². The number of amides is 1. The van der Waals surface area contributed by atoms with Crippen LogP contribution in [0.1, 0.15) is 39.2 Å². The van der Waals surface area contributed by atoms with E-state index < -0.39 is 12.9 Å². The highest BCUT2D eigenvalue weighted by Crippen LogP contribution is 2.60. The van der Waals surface area contributed by atoms with Crippen molar-refractivity contribution in [2.24, 2.45) is 5.10 Å². The Balaban J connectivity index is 2.81. The molecular weight excluding hydrogens is 363 g/mol. The van der Waals surface area contributed by atoms with E-state index in [1.54, 1.807) is 31.2 Å². The van der Waals surface area contributed by atoms with Crippen LogP contribution in [0.5, 0.6) is 5.75 Å². The van der Waals surface area contributed by atoms with Gasteiger partial charge in [0.1, 0.15) is 5.75 Å². The summed E-state index contributed by atoms with van der Waals surface area (Å²) in [6.45, 7) is 2.96. The molecule has 0 saturated carbocycles. The monoisotopic (exact) mass is 388 g/mol. The second kappa shape index (κ2) is 12.0. The maximum atomic E-state index is 12.8. The number of hydrazone groups is 1. The molecule has 1 rings (SSSR count). The fourth-order valence-electron chi connectivity index (χ4n) is 1.62. The molecule has 1 atom stereocenters. The van der Waals surface area contributed by atoms with Gasteiger partial charge >= 0.3 is 12.9 Å². The molecule has 0 aliphatic carbocycles. The van der Waals surface area contributed by atoms with Gasteiger partial charge in [0.25, 0.3) is 0 Å². The molecule has 7 nitrogen and oxygen atoms in total. The van der Waals surface area contributed by atoms with Crippen LogP contribution < -0.4 is 9.95 Å². The van der Waals surface area contributed by atoms with Crippen molar-refractivity contribution in [3.63, 3.8) is 0 Å². The highest BCUT2D eigenvalue weighted by molar-refractivity contribution is 8.55. The van der Waals surface area contributed by atoms with Gasteiger partial charge in [0.15, 0.2) is 0 Å². The van der Waals surface area contributed by atoms with E-state index in [2.05, 4.69) is 10.5 Å². The normalized spacial score (nSPS) is 13.4. The molecule has 0 radical (unpaired) electrons. The summed E-state index contributed by atoms with van der Waals surface area (Å²) in [5, 5.41) is 3.83. The topological polar surface area (TPSA) is 86.2 Å². The number of carbonyl (C=O) groups is 1. The van der Waals surface area contributed by atoms with E-state index in [4.69, 9.17) is 13.8 Å². The smallest absolute Gasteiger partial charge is 0.440 e. The molecule has 0 aliphatic heterocycles. The quantitative estimate of drug-likeness (QED) is 0.332. The zero-order valence-electron chi connectivity index (χ0n) is 14.8. The predicted octanol–water partition coefficient (Wildman–Crippen LogP) is 4.82. The summed E-state index contributed by atoms with van der Waals surface area (Å²) in [6, 6.07) is 6.96. The number of ether oxygens (including phenoxy) is 1. The predicted molar refractivity (Wildman–Crippen MR) is 101 cm³/mol. The zero-order valence-corrected chi connectivity index (χ0v) is 16.5. The lowest BCUT2D eigenvalue weighted by Gasteiger charge is -2.18. The van der Waals surface area contributed by atoms with Gasteiger partial charge in [0.2, 0.25) is 0 Å². The van der Waals surface area contributed by atoms with Crippen molar-refractivity contribution in [3.05, 3.63) is 29.8 Å². The fourth-order valence-corrected chi connectivity index (χ4v) is 5.09. The largest absolute Gasteiger partial charge is 0.448 e. The first-order valence-electron chi connectivity index (χ1n) is 8.18. The molecule has 1 aromatic carbocycles. The summed E-state index contributed by atoms with van der Waals surface area (Å²) >= 11 is 1.17. The fraction of sp³-hybridized carbons (Fsp3) is 0.500. The molecule has 0 spiro atoms. The van der Waals surface area contributed by atoms with Gasteiger partial charge in [-0.25, -0.2) is 14.8 Å². The summed E-state index contributed by atoms with van der Waals surface area (Å²) in [7, 11) is 0. The first-order valence-corrected chi connectivity index (χ1v) is 11.3. The SMILES string of the molecule is CCCOC(=O)NN=Cc1ccccc1OP(=O)(OCC)SCCC. The van der Waals surface area contributed by atoms with Crippen LogP contribution in [0.2, 0.25) is 0 Å². The third-order valence-corrected chi connectivity index (χ3v) is 6.60. The van der Waals surface area contributed by atoms with E-state index in [9.17, 15) is 9.36 Å². The van der Waals surface area contributed by atoms with Crippen LogP contribution >= 0.6 is 18.2 Å². The van der Waals surface area contributed by atoms with Crippen LogP contribution in [0, 0.1) is 0 Å². The molecule has 0 saturated heterocycles. The zero-order chi connectivity index (χ0) is 18.5. The van der Waals surface area contributed by atoms with Crippen molar-refractivity contribution >= 4 is 30.5 Å². The minimum absolute atomic E-state index is 0.287. The Morgan fingerprint density at radius 3 is 2.72 bits per heavy atom. The first kappa shape index (κ1) is 21.5. The maximum absolute atomic E-state index is 12.8. The molecule has 1 unspecified atom stereocenters. The molecule has 0 aliphatic rings. The molecule has 140 valence electrons. The lowest BCUT2D eigenvalue weighted by Crippen LogP contribution is -2.19. The minimum Gasteiger partial charge on any atom is -0.448 e. The Morgan fingerprint density at radius 1 is 1.28 bits per heavy atom. The first-order chi connectivity index (χ1) is 12.0. The Labute approximate surface area is 152 Å². The summed E-state index contributed by atoms with van der Waals surface area (Å²) in [5.41, 5.74) is 2.83. The Kier molecular flexibility index (Phi) is 10.3. The number of nitrogens with one attached hydrogen (secondary N) is 1. The number of rotatable bonds is 11. The molecule has 1 N–H and O–H groups in total. The minimum atomic E-state index is -3.31. The third-order valence-electron chi connectivity index (χ3n) is 2.67. The van der Waals surface area contributed by atoms with E-state index in [0.29, 0.717) is 23.7 Å². The van der Waals surface area contributed by atoms with Crippen molar-refractivity contribution < 1.29 is 23.1 Å². The van der Waals surface area contributed by atoms with Crippen molar-refractivity contribution in [2.75, 3.05) is 19.0 Å². The molecule has 9 heteroatoms. The van der Waals surface area contributed by atoms with Gasteiger partial charge in [0, 0.05) is 11.3 Å². The van der Waals surface area contributed by atoms with Gasteiger partial charge in [-0.1, -0.05) is 26.0 Å². The van der Waals surface area contributed by atoms with E-state index in [0.717, 1.165) is 12.8 Å². The highest BCUT2D eigenvalue weighted by atomic mass is 32.7. The molecular formula is C16H25N2O5PS. The molecule has 25 heavy (non-hydrogen) atoms. The average Bonchev–Trinajstić information content (AvgIpc) is 2.60. The van der Waals surface area contributed by atoms with Gasteiger partial charge in [-0.05, 0) is 43.3 Å². The van der Waals surface area contributed by atoms with Crippen LogP contribution in [-0.4, -0.2) is 31.3 Å². The third kappa shape index (κ3) is 8.43. The van der Waals surface area contributed by atoms with Crippen molar-refractivity contribution in [3.8, 4) is 5.75 Å². The Morgan fingerprint density at radius 2 is 2.04 bits per heavy atom. The molecule has 1 aromatic rings. The van der Waals surface area contributed by atoms with E-state index >= 15 is 0 Å². The number of nitrogens with zero attached hydrogens (tertiary/aromatic N) is 1. The number of hydrogen-bond acceptors (Lipinski definition) is 7. The molecule has 0 bridgehead atoms. The Hall–Kier alpha value is -1.50. The number of benzene rings is 1. The molecule has 1 amide bonds. The van der Waals surface area contributed by atoms with Crippen LogP contribution in [0.4, 0.5) is 4.79 Å². The summed E-state index contributed by atoms with van der Waals surface area (Å²) in [5.74, 6) is 1.04. The van der Waals surface area contributed by atoms with Crippen LogP contribution in [0.3, 0.4) is 0 Å². The number of carbonyl (C=O) groups excluding carboxylic acids is 1. The summed E-state index contributed by atoms with van der Waals surface area (Å²) < 4.78 is 28.6. The van der Waals surface area contributed by atoms with Gasteiger partial charge in [-0.15, -0.1) is 0 Å². The van der Waals surface area contributed by atoms with Crippen molar-refractivity contribution in [1.82, 2.24) is 5.43 Å². The number of para-hydroxylation sites is 1. The highest BCUT2D eigenvalue weighted by Gasteiger charge is 2.27. The number of hydrogen-bond donors (Lipinski definition) is 1. The second-order valence-electron chi connectivity index (χ2n) is 4.83. The van der Waals surface area contributed by atoms with Gasteiger partial charge in [0.05, 0.1) is 19.4 Å². The van der Waals surface area contributed by atoms with Crippen LogP contribution in [0.25, 0.3) is 0 Å². The lowest BCUT2D eigenvalue weighted by atomic mass is 10.2.